The number of carbonyl (C=O) groups excluding carboxylic acids is 2. The molecule has 28 heavy (non-hydrogen) atoms. The maximum Gasteiger partial charge on any atom is 0.255 e. The van der Waals surface area contributed by atoms with Crippen molar-refractivity contribution in [3.63, 3.8) is 0 Å². The molecule has 3 atom stereocenters. The standard InChI is InChI=1S/C21H16FN3O3/c22-12-5-6-16-13(11-12)21(19(27)23-14-3-1-2-4-15(14)24-21)17-8-10-28-20(17)9-7-18(26)25(16)20/h1-6,8,10-11,17,24H,7,9H2,(H,23,27). The fourth-order valence-corrected chi connectivity index (χ4v) is 5.19. The first-order valence-corrected chi connectivity index (χ1v) is 9.22. The quantitative estimate of drug-likeness (QED) is 0.740. The van der Waals surface area contributed by atoms with Gasteiger partial charge in [0.25, 0.3) is 5.91 Å². The van der Waals surface area contributed by atoms with Crippen LogP contribution in [0.5, 0.6) is 0 Å². The van der Waals surface area contributed by atoms with Gasteiger partial charge in [-0.3, -0.25) is 14.5 Å². The highest BCUT2D eigenvalue weighted by atomic mass is 19.1. The molecule has 7 heteroatoms. The minimum Gasteiger partial charge on any atom is -0.475 e. The predicted molar refractivity (Wildman–Crippen MR) is 99.9 cm³/mol. The molecule has 0 aromatic heterocycles. The van der Waals surface area contributed by atoms with Gasteiger partial charge in [0.2, 0.25) is 5.91 Å². The average molecular weight is 377 g/mol. The molecule has 0 saturated carbocycles. The van der Waals surface area contributed by atoms with E-state index in [4.69, 9.17) is 4.74 Å². The Hall–Kier alpha value is -3.35. The number of benzene rings is 2. The number of para-hydroxylation sites is 2. The van der Waals surface area contributed by atoms with E-state index in [1.165, 1.54) is 12.1 Å². The van der Waals surface area contributed by atoms with Crippen molar-refractivity contribution in [2.24, 2.45) is 5.92 Å². The number of rotatable bonds is 0. The summed E-state index contributed by atoms with van der Waals surface area (Å²) >= 11 is 0. The lowest BCUT2D eigenvalue weighted by atomic mass is 9.67. The maximum absolute atomic E-state index is 14.3. The summed E-state index contributed by atoms with van der Waals surface area (Å²) in [5.74, 6) is -1.35. The third-order valence-corrected chi connectivity index (χ3v) is 6.31. The molecule has 0 aliphatic carbocycles. The lowest BCUT2D eigenvalue weighted by Gasteiger charge is -2.54. The Balaban J connectivity index is 1.68. The molecule has 4 aliphatic rings. The molecule has 0 radical (unpaired) electrons. The average Bonchev–Trinajstić information content (AvgIpc) is 3.26. The van der Waals surface area contributed by atoms with Gasteiger partial charge in [0, 0.05) is 18.4 Å². The van der Waals surface area contributed by atoms with Crippen LogP contribution in [0, 0.1) is 11.7 Å². The molecule has 4 aliphatic heterocycles. The van der Waals surface area contributed by atoms with E-state index < -0.39 is 23.0 Å². The first-order chi connectivity index (χ1) is 13.6. The smallest absolute Gasteiger partial charge is 0.255 e. The van der Waals surface area contributed by atoms with E-state index in [1.54, 1.807) is 23.3 Å². The number of amides is 2. The Labute approximate surface area is 160 Å². The molecule has 1 fully saturated rings. The molecular formula is C21H16FN3O3. The fourth-order valence-electron chi connectivity index (χ4n) is 5.19. The lowest BCUT2D eigenvalue weighted by Crippen LogP contribution is -2.67. The first kappa shape index (κ1) is 15.7. The topological polar surface area (TPSA) is 70.7 Å². The fraction of sp³-hybridized carbons (Fsp3) is 0.238. The number of fused-ring (bicyclic) bond motifs is 5. The number of anilines is 3. The molecule has 6 nitrogen and oxygen atoms in total. The van der Waals surface area contributed by atoms with Crippen LogP contribution in [0.2, 0.25) is 0 Å². The minimum atomic E-state index is -1.29. The number of hydrogen-bond acceptors (Lipinski definition) is 4. The molecule has 2 N–H and O–H groups in total. The normalized spacial score (nSPS) is 31.5. The molecule has 2 amide bonds. The second kappa shape index (κ2) is 4.92. The third-order valence-electron chi connectivity index (χ3n) is 6.31. The predicted octanol–water partition coefficient (Wildman–Crippen LogP) is 3.08. The summed E-state index contributed by atoms with van der Waals surface area (Å²) in [6.45, 7) is 0. The number of carbonyl (C=O) groups is 2. The molecule has 0 bridgehead atoms. The van der Waals surface area contributed by atoms with E-state index in [0.717, 1.165) is 5.69 Å². The molecule has 3 unspecified atom stereocenters. The summed E-state index contributed by atoms with van der Waals surface area (Å²) in [7, 11) is 0. The molecule has 4 heterocycles. The zero-order valence-corrected chi connectivity index (χ0v) is 14.7. The molecule has 1 saturated heterocycles. The van der Waals surface area contributed by atoms with Crippen molar-refractivity contribution in [3.8, 4) is 0 Å². The van der Waals surface area contributed by atoms with Gasteiger partial charge < -0.3 is 15.4 Å². The van der Waals surface area contributed by atoms with Crippen molar-refractivity contribution in [2.75, 3.05) is 15.5 Å². The van der Waals surface area contributed by atoms with E-state index in [2.05, 4.69) is 10.6 Å². The zero-order valence-electron chi connectivity index (χ0n) is 14.7. The van der Waals surface area contributed by atoms with Gasteiger partial charge in [-0.1, -0.05) is 12.1 Å². The Bertz CT molecular complexity index is 1100. The van der Waals surface area contributed by atoms with Crippen LogP contribution in [0.25, 0.3) is 0 Å². The number of hydrogen-bond donors (Lipinski definition) is 2. The number of ether oxygens (including phenoxy) is 1. The monoisotopic (exact) mass is 377 g/mol. The maximum atomic E-state index is 14.3. The van der Waals surface area contributed by atoms with Crippen LogP contribution in [0.4, 0.5) is 21.5 Å². The van der Waals surface area contributed by atoms with E-state index in [-0.39, 0.29) is 11.8 Å². The molecule has 6 rings (SSSR count). The second-order valence-electron chi connectivity index (χ2n) is 7.59. The Morgan fingerprint density at radius 3 is 2.82 bits per heavy atom. The largest absolute Gasteiger partial charge is 0.475 e. The highest BCUT2D eigenvalue weighted by Gasteiger charge is 2.69. The molecule has 2 aromatic rings. The van der Waals surface area contributed by atoms with Crippen LogP contribution < -0.4 is 15.5 Å². The van der Waals surface area contributed by atoms with Crippen LogP contribution in [-0.2, 0) is 19.9 Å². The van der Waals surface area contributed by atoms with E-state index >= 15 is 0 Å². The summed E-state index contributed by atoms with van der Waals surface area (Å²) < 4.78 is 20.3. The van der Waals surface area contributed by atoms with Gasteiger partial charge in [0.1, 0.15) is 5.82 Å². The Kier molecular flexibility index (Phi) is 2.76. The second-order valence-corrected chi connectivity index (χ2v) is 7.59. The van der Waals surface area contributed by atoms with Gasteiger partial charge in [-0.2, -0.15) is 0 Å². The van der Waals surface area contributed by atoms with Gasteiger partial charge in [-0.15, -0.1) is 0 Å². The van der Waals surface area contributed by atoms with Gasteiger partial charge in [0.05, 0.1) is 29.2 Å². The summed E-state index contributed by atoms with van der Waals surface area (Å²) in [4.78, 5) is 27.9. The van der Waals surface area contributed by atoms with Gasteiger partial charge in [-0.25, -0.2) is 4.39 Å². The van der Waals surface area contributed by atoms with Gasteiger partial charge in [0.15, 0.2) is 11.3 Å². The van der Waals surface area contributed by atoms with Crippen molar-refractivity contribution in [2.45, 2.75) is 24.1 Å². The molecule has 140 valence electrons. The van der Waals surface area contributed by atoms with E-state index in [1.807, 2.05) is 24.3 Å². The molecule has 2 spiro atoms. The van der Waals surface area contributed by atoms with Gasteiger partial charge >= 0.3 is 0 Å². The Morgan fingerprint density at radius 2 is 1.96 bits per heavy atom. The number of nitrogens with zero attached hydrogens (tertiary/aromatic N) is 1. The van der Waals surface area contributed by atoms with Gasteiger partial charge in [-0.05, 0) is 36.4 Å². The highest BCUT2D eigenvalue weighted by molar-refractivity contribution is 6.10. The SMILES string of the molecule is O=C1CCC23OC=CC2C2(Nc4ccccc4NC2=O)c2cc(F)ccc2N13. The van der Waals surface area contributed by atoms with Crippen molar-refractivity contribution in [3.05, 3.63) is 66.2 Å². The van der Waals surface area contributed by atoms with Crippen LogP contribution >= 0.6 is 0 Å². The summed E-state index contributed by atoms with van der Waals surface area (Å²) in [5.41, 5.74) is 0.0678. The van der Waals surface area contributed by atoms with Crippen molar-refractivity contribution < 1.29 is 18.7 Å². The van der Waals surface area contributed by atoms with E-state index in [9.17, 15) is 14.0 Å². The first-order valence-electron chi connectivity index (χ1n) is 9.22. The summed E-state index contributed by atoms with van der Waals surface area (Å²) in [6.07, 6.45) is 4.12. The molecular weight excluding hydrogens is 361 g/mol. The van der Waals surface area contributed by atoms with Crippen molar-refractivity contribution >= 4 is 28.9 Å². The number of halogens is 1. The number of nitrogens with one attached hydrogen (secondary N) is 2. The summed E-state index contributed by atoms with van der Waals surface area (Å²) in [5, 5.41) is 6.36. The van der Waals surface area contributed by atoms with Crippen molar-refractivity contribution in [1.29, 1.82) is 0 Å². The van der Waals surface area contributed by atoms with E-state index in [0.29, 0.717) is 29.8 Å². The molecule has 2 aromatic carbocycles. The van der Waals surface area contributed by atoms with Crippen LogP contribution in [-0.4, -0.2) is 17.5 Å². The summed E-state index contributed by atoms with van der Waals surface area (Å²) in [6, 6.07) is 11.6. The lowest BCUT2D eigenvalue weighted by molar-refractivity contribution is -0.128. The third kappa shape index (κ3) is 1.63. The van der Waals surface area contributed by atoms with Crippen LogP contribution in [0.3, 0.4) is 0 Å². The Morgan fingerprint density at radius 1 is 1.14 bits per heavy atom. The van der Waals surface area contributed by atoms with Crippen LogP contribution in [0.1, 0.15) is 18.4 Å². The highest BCUT2D eigenvalue weighted by Crippen LogP contribution is 2.59. The minimum absolute atomic E-state index is 0.0898. The van der Waals surface area contributed by atoms with Crippen molar-refractivity contribution in [1.82, 2.24) is 0 Å². The zero-order chi connectivity index (χ0) is 19.1. The van der Waals surface area contributed by atoms with Crippen LogP contribution in [0.15, 0.2) is 54.8 Å².